The Morgan fingerprint density at radius 2 is 1.96 bits per heavy atom. The van der Waals surface area contributed by atoms with Gasteiger partial charge in [-0.2, -0.15) is 0 Å². The molecule has 1 aromatic heterocycles. The molecule has 1 saturated carbocycles. The molecular weight excluding hydrogens is 320 g/mol. The van der Waals surface area contributed by atoms with Crippen LogP contribution in [0.3, 0.4) is 0 Å². The van der Waals surface area contributed by atoms with E-state index in [1.165, 1.54) is 6.92 Å². The van der Waals surface area contributed by atoms with Gasteiger partial charge in [-0.3, -0.25) is 9.59 Å². The fourth-order valence-electron chi connectivity index (χ4n) is 3.57. The van der Waals surface area contributed by atoms with Crippen molar-refractivity contribution in [2.45, 2.75) is 38.6 Å². The molecule has 2 fully saturated rings. The van der Waals surface area contributed by atoms with Crippen LogP contribution in [-0.4, -0.2) is 49.1 Å². The topological polar surface area (TPSA) is 83.6 Å². The van der Waals surface area contributed by atoms with E-state index in [0.717, 1.165) is 44.6 Å². The van der Waals surface area contributed by atoms with Gasteiger partial charge < -0.3 is 20.3 Å². The molecule has 0 aromatic carbocycles. The minimum absolute atomic E-state index is 0.164. The minimum Gasteiger partial charge on any atom is -0.378 e. The molecule has 1 aromatic rings. The highest BCUT2D eigenvalue weighted by molar-refractivity contribution is 5.97. The Bertz CT molecular complexity index is 593. The maximum atomic E-state index is 12.6. The predicted molar refractivity (Wildman–Crippen MR) is 95.5 cm³/mol. The Labute approximate surface area is 148 Å². The molecule has 0 radical (unpaired) electrons. The highest BCUT2D eigenvalue weighted by Gasteiger charge is 2.31. The summed E-state index contributed by atoms with van der Waals surface area (Å²) in [5, 5.41) is 5.71. The number of hydrogen-bond acceptors (Lipinski definition) is 5. The van der Waals surface area contributed by atoms with Crippen molar-refractivity contribution in [3.8, 4) is 0 Å². The third-order valence-corrected chi connectivity index (χ3v) is 4.86. The number of carbonyl (C=O) groups is 2. The van der Waals surface area contributed by atoms with Gasteiger partial charge in [-0.25, -0.2) is 4.98 Å². The second-order valence-corrected chi connectivity index (χ2v) is 6.72. The number of morpholine rings is 1. The van der Waals surface area contributed by atoms with Gasteiger partial charge in [-0.05, 0) is 30.9 Å². The van der Waals surface area contributed by atoms with Crippen molar-refractivity contribution in [3.05, 3.63) is 18.3 Å². The van der Waals surface area contributed by atoms with Gasteiger partial charge in [0, 0.05) is 20.0 Å². The molecule has 2 heterocycles. The summed E-state index contributed by atoms with van der Waals surface area (Å²) in [4.78, 5) is 30.7. The van der Waals surface area contributed by atoms with Crippen LogP contribution in [-0.2, 0) is 14.3 Å². The predicted octanol–water partition coefficient (Wildman–Crippen LogP) is 1.55. The van der Waals surface area contributed by atoms with Crippen LogP contribution in [0.2, 0.25) is 0 Å². The number of amides is 2. The summed E-state index contributed by atoms with van der Waals surface area (Å²) in [7, 11) is 0. The SMILES string of the molecule is CC(=O)N[C@H](C(=O)Nc1ccc(N2CCOCC2)nc1)C1CCCC1. The number of rotatable bonds is 5. The van der Waals surface area contributed by atoms with Gasteiger partial charge in [-0.15, -0.1) is 0 Å². The molecule has 7 nitrogen and oxygen atoms in total. The van der Waals surface area contributed by atoms with Crippen molar-refractivity contribution >= 4 is 23.3 Å². The zero-order chi connectivity index (χ0) is 17.6. The van der Waals surface area contributed by atoms with Crippen LogP contribution in [0.1, 0.15) is 32.6 Å². The Kier molecular flexibility index (Phi) is 5.86. The second kappa shape index (κ2) is 8.29. The van der Waals surface area contributed by atoms with Crippen LogP contribution in [0.25, 0.3) is 0 Å². The fraction of sp³-hybridized carbons (Fsp3) is 0.611. The van der Waals surface area contributed by atoms with Gasteiger partial charge in [0.05, 0.1) is 25.1 Å². The first-order valence-electron chi connectivity index (χ1n) is 9.00. The number of pyridine rings is 1. The highest BCUT2D eigenvalue weighted by atomic mass is 16.5. The number of anilines is 2. The van der Waals surface area contributed by atoms with Crippen LogP contribution in [0.15, 0.2) is 18.3 Å². The zero-order valence-corrected chi connectivity index (χ0v) is 14.7. The molecule has 1 saturated heterocycles. The smallest absolute Gasteiger partial charge is 0.247 e. The molecular formula is C18H26N4O3. The highest BCUT2D eigenvalue weighted by Crippen LogP contribution is 2.28. The Hall–Kier alpha value is -2.15. The van der Waals surface area contributed by atoms with Gasteiger partial charge in [-0.1, -0.05) is 12.8 Å². The number of ether oxygens (including phenoxy) is 1. The van der Waals surface area contributed by atoms with Crippen LogP contribution in [0.4, 0.5) is 11.5 Å². The molecule has 1 aliphatic heterocycles. The van der Waals surface area contributed by atoms with Gasteiger partial charge in [0.2, 0.25) is 11.8 Å². The number of nitrogens with zero attached hydrogens (tertiary/aromatic N) is 2. The molecule has 136 valence electrons. The van der Waals surface area contributed by atoms with E-state index in [-0.39, 0.29) is 17.7 Å². The lowest BCUT2D eigenvalue weighted by atomic mass is 9.97. The van der Waals surface area contributed by atoms with E-state index >= 15 is 0 Å². The van der Waals surface area contributed by atoms with Crippen molar-refractivity contribution in [2.24, 2.45) is 5.92 Å². The normalized spacial score (nSPS) is 19.5. The van der Waals surface area contributed by atoms with Gasteiger partial charge in [0.1, 0.15) is 11.9 Å². The van der Waals surface area contributed by atoms with Crippen molar-refractivity contribution < 1.29 is 14.3 Å². The first kappa shape index (κ1) is 17.7. The largest absolute Gasteiger partial charge is 0.378 e. The first-order chi connectivity index (χ1) is 12.1. The average Bonchev–Trinajstić information content (AvgIpc) is 3.15. The van der Waals surface area contributed by atoms with E-state index < -0.39 is 6.04 Å². The third-order valence-electron chi connectivity index (χ3n) is 4.86. The van der Waals surface area contributed by atoms with Gasteiger partial charge in [0.15, 0.2) is 0 Å². The van der Waals surface area contributed by atoms with Crippen LogP contribution in [0.5, 0.6) is 0 Å². The third kappa shape index (κ3) is 4.69. The first-order valence-corrected chi connectivity index (χ1v) is 9.00. The minimum atomic E-state index is -0.473. The molecule has 1 atom stereocenters. The molecule has 0 bridgehead atoms. The molecule has 3 rings (SSSR count). The van der Waals surface area contributed by atoms with Crippen molar-refractivity contribution in [3.63, 3.8) is 0 Å². The lowest BCUT2D eigenvalue weighted by molar-refractivity contribution is -0.126. The zero-order valence-electron chi connectivity index (χ0n) is 14.7. The summed E-state index contributed by atoms with van der Waals surface area (Å²) in [5.74, 6) is 0.760. The Balaban J connectivity index is 1.62. The number of nitrogens with one attached hydrogen (secondary N) is 2. The van der Waals surface area contributed by atoms with Crippen LogP contribution in [0, 0.1) is 5.92 Å². The lowest BCUT2D eigenvalue weighted by Gasteiger charge is -2.28. The van der Waals surface area contributed by atoms with Crippen LogP contribution >= 0.6 is 0 Å². The van der Waals surface area contributed by atoms with E-state index in [0.29, 0.717) is 18.9 Å². The summed E-state index contributed by atoms with van der Waals surface area (Å²) >= 11 is 0. The van der Waals surface area contributed by atoms with E-state index in [9.17, 15) is 9.59 Å². The summed E-state index contributed by atoms with van der Waals surface area (Å²) in [6, 6.07) is 3.29. The molecule has 1 aliphatic carbocycles. The van der Waals surface area contributed by atoms with E-state index in [4.69, 9.17) is 4.74 Å². The average molecular weight is 346 g/mol. The number of carbonyl (C=O) groups excluding carboxylic acids is 2. The molecule has 2 amide bonds. The van der Waals surface area contributed by atoms with E-state index in [2.05, 4.69) is 20.5 Å². The summed E-state index contributed by atoms with van der Waals surface area (Å²) in [6.07, 6.45) is 5.86. The van der Waals surface area contributed by atoms with E-state index in [1.54, 1.807) is 6.20 Å². The molecule has 2 aliphatic rings. The lowest BCUT2D eigenvalue weighted by Crippen LogP contribution is -2.47. The Morgan fingerprint density at radius 3 is 2.56 bits per heavy atom. The molecule has 25 heavy (non-hydrogen) atoms. The molecule has 7 heteroatoms. The summed E-state index contributed by atoms with van der Waals surface area (Å²) < 4.78 is 5.34. The monoisotopic (exact) mass is 346 g/mol. The van der Waals surface area contributed by atoms with Crippen molar-refractivity contribution in [1.29, 1.82) is 0 Å². The van der Waals surface area contributed by atoms with Crippen LogP contribution < -0.4 is 15.5 Å². The van der Waals surface area contributed by atoms with Crippen molar-refractivity contribution in [1.82, 2.24) is 10.3 Å². The quantitative estimate of drug-likeness (QED) is 0.845. The second-order valence-electron chi connectivity index (χ2n) is 6.72. The van der Waals surface area contributed by atoms with Gasteiger partial charge >= 0.3 is 0 Å². The summed E-state index contributed by atoms with van der Waals surface area (Å²) in [6.45, 7) is 4.52. The maximum absolute atomic E-state index is 12.6. The standard InChI is InChI=1S/C18H26N4O3/c1-13(23)20-17(14-4-2-3-5-14)18(24)21-15-6-7-16(19-12-15)22-8-10-25-11-9-22/h6-7,12,14,17H,2-5,8-11H2,1H3,(H,20,23)(H,21,24)/t17-/m0/s1. The number of aromatic nitrogens is 1. The molecule has 0 spiro atoms. The van der Waals surface area contributed by atoms with Gasteiger partial charge in [0.25, 0.3) is 0 Å². The summed E-state index contributed by atoms with van der Waals surface area (Å²) in [5.41, 5.74) is 0.648. The maximum Gasteiger partial charge on any atom is 0.247 e. The Morgan fingerprint density at radius 1 is 1.24 bits per heavy atom. The molecule has 2 N–H and O–H groups in total. The molecule has 0 unspecified atom stereocenters. The fourth-order valence-corrected chi connectivity index (χ4v) is 3.57. The number of hydrogen-bond donors (Lipinski definition) is 2. The van der Waals surface area contributed by atoms with E-state index in [1.807, 2.05) is 12.1 Å². The van der Waals surface area contributed by atoms with Crippen molar-refractivity contribution in [2.75, 3.05) is 36.5 Å².